The molecule has 0 saturated carbocycles. The van der Waals surface area contributed by atoms with Crippen molar-refractivity contribution in [3.05, 3.63) is 99.2 Å². The van der Waals surface area contributed by atoms with Gasteiger partial charge in [-0.15, -0.1) is 0 Å². The highest BCUT2D eigenvalue weighted by Gasteiger charge is 2.19. The van der Waals surface area contributed by atoms with Gasteiger partial charge in [0.1, 0.15) is 18.1 Å². The molecule has 2 aromatic carbocycles. The van der Waals surface area contributed by atoms with Gasteiger partial charge in [0.05, 0.1) is 40.8 Å². The molecule has 0 atom stereocenters. The number of furan rings is 1. The number of hydrogen-bond donors (Lipinski definition) is 1. The predicted molar refractivity (Wildman–Crippen MR) is 134 cm³/mol. The summed E-state index contributed by atoms with van der Waals surface area (Å²) in [6.07, 6.45) is 0. The van der Waals surface area contributed by atoms with E-state index in [2.05, 4.69) is 26.3 Å². The average Bonchev–Trinajstić information content (AvgIpc) is 3.44. The number of methoxy groups -OCH3 is 1. The average molecular weight is 538 g/mol. The minimum absolute atomic E-state index is 0.165. The van der Waals surface area contributed by atoms with Crippen LogP contribution in [0, 0.1) is 13.8 Å². The molecule has 4 aromatic rings. The third-order valence-electron chi connectivity index (χ3n) is 5.45. The van der Waals surface area contributed by atoms with Gasteiger partial charge in [-0.25, -0.2) is 4.79 Å². The van der Waals surface area contributed by atoms with E-state index in [1.54, 1.807) is 28.9 Å². The molecule has 0 aliphatic carbocycles. The zero-order chi connectivity index (χ0) is 24.9. The number of hydrogen-bond acceptors (Lipinski definition) is 6. The van der Waals surface area contributed by atoms with Crippen LogP contribution in [0.3, 0.4) is 0 Å². The van der Waals surface area contributed by atoms with Crippen LogP contribution >= 0.6 is 15.9 Å². The molecule has 2 heterocycles. The van der Waals surface area contributed by atoms with Crippen molar-refractivity contribution in [3.8, 4) is 5.75 Å². The fourth-order valence-corrected chi connectivity index (χ4v) is 4.02. The topological polar surface area (TPSA) is 95.6 Å². The van der Waals surface area contributed by atoms with Crippen LogP contribution in [-0.2, 0) is 17.9 Å². The van der Waals surface area contributed by atoms with E-state index in [0.717, 1.165) is 15.7 Å². The molecule has 0 bridgehead atoms. The minimum Gasteiger partial charge on any atom is -0.484 e. The van der Waals surface area contributed by atoms with Gasteiger partial charge in [0.2, 0.25) is 0 Å². The van der Waals surface area contributed by atoms with Gasteiger partial charge < -0.3 is 19.2 Å². The number of nitrogens with zero attached hydrogens (tertiary/aromatic N) is 2. The Labute approximate surface area is 211 Å². The van der Waals surface area contributed by atoms with E-state index in [1.807, 2.05) is 50.2 Å². The first kappa shape index (κ1) is 24.3. The number of benzene rings is 2. The van der Waals surface area contributed by atoms with Crippen molar-refractivity contribution < 1.29 is 23.5 Å². The zero-order valence-electron chi connectivity index (χ0n) is 19.5. The number of aryl methyl sites for hydroxylation is 1. The molecule has 2 aromatic heterocycles. The maximum Gasteiger partial charge on any atom is 0.338 e. The Morgan fingerprint density at radius 2 is 1.80 bits per heavy atom. The van der Waals surface area contributed by atoms with Crippen molar-refractivity contribution in [2.75, 3.05) is 12.4 Å². The Balaban J connectivity index is 1.46. The zero-order valence-corrected chi connectivity index (χ0v) is 21.1. The molecular formula is C26H24BrN3O5. The molecule has 0 radical (unpaired) electrons. The van der Waals surface area contributed by atoms with Crippen LogP contribution in [0.2, 0.25) is 0 Å². The van der Waals surface area contributed by atoms with Crippen molar-refractivity contribution in [2.45, 2.75) is 27.0 Å². The number of ether oxygens (including phenoxy) is 2. The predicted octanol–water partition coefficient (Wildman–Crippen LogP) is 5.52. The number of para-hydroxylation sites is 1. The van der Waals surface area contributed by atoms with Gasteiger partial charge in [0.15, 0.2) is 5.76 Å². The summed E-state index contributed by atoms with van der Waals surface area (Å²) in [5.74, 6) is 0.570. The largest absolute Gasteiger partial charge is 0.484 e. The van der Waals surface area contributed by atoms with E-state index in [9.17, 15) is 9.59 Å². The standard InChI is InChI=1S/C26H24BrN3O5/c1-16-24(17(2)30(29-16)14-18-8-4-5-9-20(18)26(32)33-3)28-25(31)23-13-12-19(35-23)15-34-22-11-7-6-10-21(22)27/h4-13H,14-15H2,1-3H3,(H,28,31). The normalized spacial score (nSPS) is 10.7. The van der Waals surface area contributed by atoms with Crippen molar-refractivity contribution in [2.24, 2.45) is 0 Å². The number of amides is 1. The van der Waals surface area contributed by atoms with Crippen molar-refractivity contribution >= 4 is 33.5 Å². The summed E-state index contributed by atoms with van der Waals surface area (Å²) in [7, 11) is 1.35. The van der Waals surface area contributed by atoms with Crippen molar-refractivity contribution in [3.63, 3.8) is 0 Å². The first-order chi connectivity index (χ1) is 16.9. The number of nitrogens with one attached hydrogen (secondary N) is 1. The summed E-state index contributed by atoms with van der Waals surface area (Å²) in [6.45, 7) is 4.20. The lowest BCUT2D eigenvalue weighted by atomic mass is 10.1. The molecule has 35 heavy (non-hydrogen) atoms. The maximum atomic E-state index is 12.9. The number of carbonyl (C=O) groups is 2. The Morgan fingerprint density at radius 3 is 2.57 bits per heavy atom. The van der Waals surface area contributed by atoms with Gasteiger partial charge in [-0.1, -0.05) is 30.3 Å². The van der Waals surface area contributed by atoms with Crippen LogP contribution < -0.4 is 10.1 Å². The van der Waals surface area contributed by atoms with Gasteiger partial charge in [-0.3, -0.25) is 9.48 Å². The van der Waals surface area contributed by atoms with Gasteiger partial charge in [-0.2, -0.15) is 5.10 Å². The second-order valence-electron chi connectivity index (χ2n) is 7.79. The Bertz CT molecular complexity index is 1380. The minimum atomic E-state index is -0.409. The molecule has 9 heteroatoms. The summed E-state index contributed by atoms with van der Waals surface area (Å²) >= 11 is 3.44. The second-order valence-corrected chi connectivity index (χ2v) is 8.65. The quantitative estimate of drug-likeness (QED) is 0.297. The first-order valence-electron chi connectivity index (χ1n) is 10.8. The Hall–Kier alpha value is -3.85. The van der Waals surface area contributed by atoms with Gasteiger partial charge in [0, 0.05) is 0 Å². The molecule has 1 N–H and O–H groups in total. The van der Waals surface area contributed by atoms with Crippen LogP contribution in [0.15, 0.2) is 69.6 Å². The highest BCUT2D eigenvalue weighted by Crippen LogP contribution is 2.26. The fourth-order valence-electron chi connectivity index (χ4n) is 3.62. The molecule has 0 spiro atoms. The molecule has 0 aliphatic rings. The number of rotatable bonds is 8. The number of esters is 1. The number of aromatic nitrogens is 2. The maximum absolute atomic E-state index is 12.9. The van der Waals surface area contributed by atoms with E-state index in [1.165, 1.54) is 7.11 Å². The Kier molecular flexibility index (Phi) is 7.36. The van der Waals surface area contributed by atoms with Crippen LogP contribution in [0.5, 0.6) is 5.75 Å². The molecule has 180 valence electrons. The van der Waals surface area contributed by atoms with E-state index in [-0.39, 0.29) is 12.4 Å². The molecule has 0 fully saturated rings. The van der Waals surface area contributed by atoms with Crippen LogP contribution in [0.4, 0.5) is 5.69 Å². The van der Waals surface area contributed by atoms with Crippen molar-refractivity contribution in [1.29, 1.82) is 0 Å². The first-order valence-corrected chi connectivity index (χ1v) is 11.6. The molecule has 1 amide bonds. The van der Waals surface area contributed by atoms with Crippen LogP contribution in [0.25, 0.3) is 0 Å². The summed E-state index contributed by atoms with van der Waals surface area (Å²) in [4.78, 5) is 25.0. The fraction of sp³-hybridized carbons (Fsp3) is 0.192. The van der Waals surface area contributed by atoms with E-state index in [4.69, 9.17) is 13.9 Å². The third-order valence-corrected chi connectivity index (χ3v) is 6.11. The summed E-state index contributed by atoms with van der Waals surface area (Å²) < 4.78 is 18.9. The van der Waals surface area contributed by atoms with Crippen molar-refractivity contribution in [1.82, 2.24) is 9.78 Å². The number of carbonyl (C=O) groups excluding carboxylic acids is 2. The smallest absolute Gasteiger partial charge is 0.338 e. The summed E-state index contributed by atoms with van der Waals surface area (Å²) in [6, 6.07) is 18.0. The Morgan fingerprint density at radius 1 is 1.06 bits per heavy atom. The lowest BCUT2D eigenvalue weighted by Crippen LogP contribution is -2.13. The summed E-state index contributed by atoms with van der Waals surface area (Å²) in [5, 5.41) is 7.44. The molecule has 4 rings (SSSR count). The summed E-state index contributed by atoms with van der Waals surface area (Å²) in [5.41, 5.74) is 3.23. The highest BCUT2D eigenvalue weighted by atomic mass is 79.9. The van der Waals surface area contributed by atoms with Crippen LogP contribution in [-0.4, -0.2) is 28.8 Å². The van der Waals surface area contributed by atoms with Gasteiger partial charge >= 0.3 is 5.97 Å². The van der Waals surface area contributed by atoms with E-state index in [0.29, 0.717) is 35.0 Å². The SMILES string of the molecule is COC(=O)c1ccccc1Cn1nc(C)c(NC(=O)c2ccc(COc3ccccc3Br)o2)c1C. The molecular weight excluding hydrogens is 514 g/mol. The van der Waals surface area contributed by atoms with Gasteiger partial charge in [-0.05, 0) is 65.7 Å². The highest BCUT2D eigenvalue weighted by molar-refractivity contribution is 9.10. The van der Waals surface area contributed by atoms with Crippen LogP contribution in [0.1, 0.15) is 43.6 Å². The second kappa shape index (κ2) is 10.6. The lowest BCUT2D eigenvalue weighted by Gasteiger charge is -2.10. The number of halogens is 1. The number of anilines is 1. The molecule has 8 nitrogen and oxygen atoms in total. The molecule has 0 saturated heterocycles. The molecule has 0 unspecified atom stereocenters. The lowest BCUT2D eigenvalue weighted by molar-refractivity contribution is 0.0599. The molecule has 0 aliphatic heterocycles. The third kappa shape index (κ3) is 5.46. The van der Waals surface area contributed by atoms with E-state index < -0.39 is 11.9 Å². The monoisotopic (exact) mass is 537 g/mol. The van der Waals surface area contributed by atoms with Gasteiger partial charge in [0.25, 0.3) is 5.91 Å². The van der Waals surface area contributed by atoms with E-state index >= 15 is 0 Å².